The molecule has 0 atom stereocenters. The summed E-state index contributed by atoms with van der Waals surface area (Å²) in [5.74, 6) is -1.84. The van der Waals surface area contributed by atoms with E-state index in [1.165, 1.54) is 0 Å². The monoisotopic (exact) mass is 281 g/mol. The molecule has 0 aliphatic carbocycles. The van der Waals surface area contributed by atoms with Crippen molar-refractivity contribution in [2.75, 3.05) is 0 Å². The lowest BCUT2D eigenvalue weighted by Crippen LogP contribution is -2.08. The van der Waals surface area contributed by atoms with Crippen LogP contribution >= 0.6 is 11.6 Å². The molecule has 0 aliphatic heterocycles. The molecule has 0 spiro atoms. The van der Waals surface area contributed by atoms with E-state index in [0.29, 0.717) is 0 Å². The number of carboxylic acids is 1. The van der Waals surface area contributed by atoms with Gasteiger partial charge in [0.2, 0.25) is 0 Å². The molecule has 0 saturated heterocycles. The van der Waals surface area contributed by atoms with Gasteiger partial charge in [0.15, 0.2) is 0 Å². The molecule has 0 saturated carbocycles. The van der Waals surface area contributed by atoms with Crippen LogP contribution in [0.1, 0.15) is 5.56 Å². The zero-order valence-electron chi connectivity index (χ0n) is 8.60. The lowest BCUT2D eigenvalue weighted by Gasteiger charge is -2.10. The average Bonchev–Trinajstić information content (AvgIpc) is 2.19. The minimum absolute atomic E-state index is 0.251. The number of nitrogens with zero attached hydrogens (tertiary/aromatic N) is 1. The molecule has 1 aromatic rings. The number of halogens is 3. The quantitative estimate of drug-likeness (QED) is 0.661. The maximum absolute atomic E-state index is 12.1. The minimum atomic E-state index is -3.19. The Morgan fingerprint density at radius 2 is 2.17 bits per heavy atom. The first-order chi connectivity index (χ1) is 8.31. The smallest absolute Gasteiger partial charge is 0.387 e. The zero-order chi connectivity index (χ0) is 13.9. The molecular formula is C9H6ClF2NO5. The number of nitro benzene ring substituents is 1. The third-order valence-electron chi connectivity index (χ3n) is 1.88. The van der Waals surface area contributed by atoms with Gasteiger partial charge < -0.3 is 9.84 Å². The summed E-state index contributed by atoms with van der Waals surface area (Å²) < 4.78 is 28.2. The minimum Gasteiger partial charge on any atom is -0.481 e. The number of hydrogen-bond acceptors (Lipinski definition) is 4. The molecule has 18 heavy (non-hydrogen) atoms. The largest absolute Gasteiger partial charge is 0.481 e. The Morgan fingerprint density at radius 1 is 1.56 bits per heavy atom. The molecule has 98 valence electrons. The van der Waals surface area contributed by atoms with Gasteiger partial charge in [0, 0.05) is 17.7 Å². The Morgan fingerprint density at radius 3 is 2.61 bits per heavy atom. The van der Waals surface area contributed by atoms with Crippen molar-refractivity contribution >= 4 is 23.3 Å². The van der Waals surface area contributed by atoms with Gasteiger partial charge in [-0.2, -0.15) is 8.78 Å². The fourth-order valence-corrected chi connectivity index (χ4v) is 1.46. The number of hydrogen-bond donors (Lipinski definition) is 1. The van der Waals surface area contributed by atoms with Gasteiger partial charge >= 0.3 is 12.6 Å². The molecule has 0 amide bonds. The maximum atomic E-state index is 12.1. The number of ether oxygens (including phenoxy) is 1. The van der Waals surface area contributed by atoms with Crippen LogP contribution < -0.4 is 4.74 Å². The lowest BCUT2D eigenvalue weighted by molar-refractivity contribution is -0.384. The van der Waals surface area contributed by atoms with E-state index in [0.717, 1.165) is 12.1 Å². The maximum Gasteiger partial charge on any atom is 0.387 e. The summed E-state index contributed by atoms with van der Waals surface area (Å²) in [4.78, 5) is 20.3. The van der Waals surface area contributed by atoms with Gasteiger partial charge in [0.25, 0.3) is 5.69 Å². The van der Waals surface area contributed by atoms with Crippen molar-refractivity contribution in [1.29, 1.82) is 0 Å². The number of rotatable bonds is 5. The van der Waals surface area contributed by atoms with Crippen LogP contribution in [0.3, 0.4) is 0 Å². The van der Waals surface area contributed by atoms with Crippen LogP contribution in [-0.4, -0.2) is 22.6 Å². The van der Waals surface area contributed by atoms with E-state index in [1.54, 1.807) is 0 Å². The molecule has 0 aromatic heterocycles. The van der Waals surface area contributed by atoms with E-state index >= 15 is 0 Å². The van der Waals surface area contributed by atoms with Gasteiger partial charge in [0.1, 0.15) is 10.8 Å². The highest BCUT2D eigenvalue weighted by atomic mass is 35.5. The van der Waals surface area contributed by atoms with Gasteiger partial charge in [0.05, 0.1) is 11.3 Å². The van der Waals surface area contributed by atoms with Gasteiger partial charge in [-0.15, -0.1) is 0 Å². The SMILES string of the molecule is O=C(O)Cc1cc([N+](=O)[O-])c(Cl)cc1OC(F)F. The third-order valence-corrected chi connectivity index (χ3v) is 2.19. The molecular weight excluding hydrogens is 276 g/mol. The Hall–Kier alpha value is -1.96. The Bertz CT molecular complexity index is 494. The Balaban J connectivity index is 3.27. The highest BCUT2D eigenvalue weighted by Gasteiger charge is 2.20. The molecule has 0 heterocycles. The molecule has 0 bridgehead atoms. The topological polar surface area (TPSA) is 89.7 Å². The third kappa shape index (κ3) is 3.52. The molecule has 1 aromatic carbocycles. The molecule has 6 nitrogen and oxygen atoms in total. The number of benzene rings is 1. The van der Waals surface area contributed by atoms with Crippen LogP contribution in [0.4, 0.5) is 14.5 Å². The predicted octanol–water partition coefficient (Wildman–Crippen LogP) is 2.48. The van der Waals surface area contributed by atoms with Crippen LogP contribution in [0, 0.1) is 10.1 Å². The Labute approximate surface area is 104 Å². The molecule has 1 rings (SSSR count). The van der Waals surface area contributed by atoms with Crippen LogP contribution in [0.2, 0.25) is 5.02 Å². The number of carboxylic acid groups (broad SMARTS) is 1. The summed E-state index contributed by atoms with van der Waals surface area (Å²) in [5, 5.41) is 18.7. The van der Waals surface area contributed by atoms with Crippen molar-refractivity contribution in [1.82, 2.24) is 0 Å². The second kappa shape index (κ2) is 5.58. The zero-order valence-corrected chi connectivity index (χ0v) is 9.36. The van der Waals surface area contributed by atoms with E-state index in [4.69, 9.17) is 16.7 Å². The van der Waals surface area contributed by atoms with Crippen molar-refractivity contribution in [3.63, 3.8) is 0 Å². The van der Waals surface area contributed by atoms with Gasteiger partial charge in [-0.05, 0) is 0 Å². The number of alkyl halides is 2. The number of aliphatic carboxylic acids is 1. The van der Waals surface area contributed by atoms with Gasteiger partial charge in [-0.3, -0.25) is 14.9 Å². The van der Waals surface area contributed by atoms with Crippen molar-refractivity contribution in [3.8, 4) is 5.75 Å². The number of carbonyl (C=O) groups is 1. The summed E-state index contributed by atoms with van der Waals surface area (Å²) in [6.45, 7) is -3.19. The van der Waals surface area contributed by atoms with Crippen molar-refractivity contribution in [2.24, 2.45) is 0 Å². The molecule has 9 heteroatoms. The molecule has 0 aliphatic rings. The predicted molar refractivity (Wildman–Crippen MR) is 56.1 cm³/mol. The molecule has 0 fully saturated rings. The summed E-state index contributed by atoms with van der Waals surface area (Å²) in [6.07, 6.45) is -0.694. The first kappa shape index (κ1) is 14.1. The standard InChI is InChI=1S/C9H6ClF2NO5/c10-5-3-7(18-9(11)12)4(2-8(14)15)1-6(5)13(16)17/h1,3,9H,2H2,(H,14,15). The summed E-state index contributed by atoms with van der Waals surface area (Å²) in [5.41, 5.74) is -0.826. The first-order valence-corrected chi connectivity index (χ1v) is 4.82. The summed E-state index contributed by atoms with van der Waals surface area (Å²) >= 11 is 5.50. The second-order valence-electron chi connectivity index (χ2n) is 3.12. The molecule has 0 unspecified atom stereocenters. The van der Waals surface area contributed by atoms with E-state index < -0.39 is 40.4 Å². The fourth-order valence-electron chi connectivity index (χ4n) is 1.23. The van der Waals surface area contributed by atoms with Crippen LogP contribution in [0.25, 0.3) is 0 Å². The highest BCUT2D eigenvalue weighted by Crippen LogP contribution is 2.33. The van der Waals surface area contributed by atoms with Crippen molar-refractivity contribution < 1.29 is 28.3 Å². The molecule has 0 radical (unpaired) electrons. The van der Waals surface area contributed by atoms with Crippen LogP contribution in [-0.2, 0) is 11.2 Å². The van der Waals surface area contributed by atoms with E-state index in [2.05, 4.69) is 4.74 Å². The van der Waals surface area contributed by atoms with Gasteiger partial charge in [-0.1, -0.05) is 11.6 Å². The van der Waals surface area contributed by atoms with E-state index in [9.17, 15) is 23.7 Å². The normalized spacial score (nSPS) is 10.4. The van der Waals surface area contributed by atoms with E-state index in [-0.39, 0.29) is 5.56 Å². The summed E-state index contributed by atoms with van der Waals surface area (Å²) in [7, 11) is 0. The van der Waals surface area contributed by atoms with Crippen molar-refractivity contribution in [3.05, 3.63) is 32.8 Å². The second-order valence-corrected chi connectivity index (χ2v) is 3.52. The Kier molecular flexibility index (Phi) is 4.38. The van der Waals surface area contributed by atoms with E-state index in [1.807, 2.05) is 0 Å². The highest BCUT2D eigenvalue weighted by molar-refractivity contribution is 6.32. The average molecular weight is 282 g/mol. The number of nitro groups is 1. The molecule has 1 N–H and O–H groups in total. The lowest BCUT2D eigenvalue weighted by atomic mass is 10.1. The van der Waals surface area contributed by atoms with Gasteiger partial charge in [-0.25, -0.2) is 0 Å². The fraction of sp³-hybridized carbons (Fsp3) is 0.222. The van der Waals surface area contributed by atoms with Crippen LogP contribution in [0.5, 0.6) is 5.75 Å². The first-order valence-electron chi connectivity index (χ1n) is 4.44. The summed E-state index contributed by atoms with van der Waals surface area (Å²) in [6, 6.07) is 1.60. The van der Waals surface area contributed by atoms with Crippen molar-refractivity contribution in [2.45, 2.75) is 13.0 Å². The van der Waals surface area contributed by atoms with Crippen LogP contribution in [0.15, 0.2) is 12.1 Å².